The minimum absolute atomic E-state index is 0.102. The Labute approximate surface area is 140 Å². The van der Waals surface area contributed by atoms with Crippen LogP contribution in [0.3, 0.4) is 0 Å². The first-order chi connectivity index (χ1) is 11.6. The van der Waals surface area contributed by atoms with Crippen molar-refractivity contribution in [3.63, 3.8) is 0 Å². The molecule has 0 saturated carbocycles. The summed E-state index contributed by atoms with van der Waals surface area (Å²) < 4.78 is 5.71. The highest BCUT2D eigenvalue weighted by molar-refractivity contribution is 5.84. The van der Waals surface area contributed by atoms with Crippen LogP contribution in [0.25, 0.3) is 11.3 Å². The highest BCUT2D eigenvalue weighted by Crippen LogP contribution is 2.22. The van der Waals surface area contributed by atoms with Gasteiger partial charge in [-0.25, -0.2) is 9.78 Å². The number of aliphatic carboxylic acids is 1. The van der Waals surface area contributed by atoms with Gasteiger partial charge in [-0.15, -0.1) is 0 Å². The Kier molecular flexibility index (Phi) is 4.93. The van der Waals surface area contributed by atoms with E-state index in [2.05, 4.69) is 4.98 Å². The van der Waals surface area contributed by atoms with E-state index in [9.17, 15) is 9.59 Å². The number of carboxylic acid groups (broad SMARTS) is 1. The van der Waals surface area contributed by atoms with Crippen LogP contribution in [0.4, 0.5) is 0 Å². The molecule has 6 nitrogen and oxygen atoms in total. The van der Waals surface area contributed by atoms with E-state index in [1.54, 1.807) is 6.20 Å². The molecule has 1 aromatic carbocycles. The molecular formula is C18H20N2O4. The maximum Gasteiger partial charge on any atom is 0.326 e. The van der Waals surface area contributed by atoms with E-state index in [1.165, 1.54) is 4.90 Å². The predicted octanol–water partition coefficient (Wildman–Crippen LogP) is 2.74. The summed E-state index contributed by atoms with van der Waals surface area (Å²) in [6.07, 6.45) is 4.45. The lowest BCUT2D eigenvalue weighted by molar-refractivity contribution is -0.148. The van der Waals surface area contributed by atoms with Gasteiger partial charge in [-0.1, -0.05) is 30.3 Å². The molecule has 3 rings (SSSR count). The summed E-state index contributed by atoms with van der Waals surface area (Å²) in [5, 5.41) is 9.13. The Bertz CT molecular complexity index is 711. The van der Waals surface area contributed by atoms with E-state index in [0.29, 0.717) is 43.9 Å². The number of carbonyl (C=O) groups excluding carboxylic acids is 1. The summed E-state index contributed by atoms with van der Waals surface area (Å²) in [5.41, 5.74) is 0.966. The number of aryl methyl sites for hydroxylation is 1. The fraction of sp³-hybridized carbons (Fsp3) is 0.389. The van der Waals surface area contributed by atoms with Crippen molar-refractivity contribution in [3.8, 4) is 11.3 Å². The van der Waals surface area contributed by atoms with Crippen LogP contribution in [0.5, 0.6) is 0 Å². The van der Waals surface area contributed by atoms with E-state index >= 15 is 0 Å². The minimum Gasteiger partial charge on any atom is -0.480 e. The van der Waals surface area contributed by atoms with E-state index in [-0.39, 0.29) is 5.91 Å². The van der Waals surface area contributed by atoms with Gasteiger partial charge in [0.05, 0.1) is 6.20 Å². The molecule has 1 fully saturated rings. The zero-order chi connectivity index (χ0) is 16.9. The standard InChI is InChI=1S/C18H20N2O4/c21-17(20-11-5-8-14(20)18(22)23)10-4-9-16-19-12-15(24-16)13-6-2-1-3-7-13/h1-3,6-7,12,14H,4-5,8-11H2,(H,22,23)/t14-/m1/s1. The predicted molar refractivity (Wildman–Crippen MR) is 87.2 cm³/mol. The van der Waals surface area contributed by atoms with Crippen LogP contribution in [0.1, 0.15) is 31.6 Å². The summed E-state index contributed by atoms with van der Waals surface area (Å²) >= 11 is 0. The molecule has 24 heavy (non-hydrogen) atoms. The third kappa shape index (κ3) is 3.64. The molecule has 1 amide bonds. The topological polar surface area (TPSA) is 83.6 Å². The zero-order valence-electron chi connectivity index (χ0n) is 13.4. The highest BCUT2D eigenvalue weighted by Gasteiger charge is 2.33. The minimum atomic E-state index is -0.916. The lowest BCUT2D eigenvalue weighted by Gasteiger charge is -2.21. The van der Waals surface area contributed by atoms with Crippen LogP contribution in [-0.4, -0.2) is 39.5 Å². The first kappa shape index (κ1) is 16.2. The zero-order valence-corrected chi connectivity index (χ0v) is 13.4. The van der Waals surface area contributed by atoms with Crippen molar-refractivity contribution in [2.45, 2.75) is 38.1 Å². The molecule has 0 bridgehead atoms. The number of carbonyl (C=O) groups is 2. The molecule has 1 aromatic heterocycles. The van der Waals surface area contributed by atoms with Crippen molar-refractivity contribution < 1.29 is 19.1 Å². The van der Waals surface area contributed by atoms with Gasteiger partial charge >= 0.3 is 5.97 Å². The van der Waals surface area contributed by atoms with Gasteiger partial charge in [0.2, 0.25) is 5.91 Å². The molecule has 1 saturated heterocycles. The Morgan fingerprint density at radius 2 is 2.08 bits per heavy atom. The summed E-state index contributed by atoms with van der Waals surface area (Å²) in [4.78, 5) is 29.0. The Morgan fingerprint density at radius 1 is 1.29 bits per heavy atom. The molecule has 2 heterocycles. The second-order valence-corrected chi connectivity index (χ2v) is 5.92. The second kappa shape index (κ2) is 7.29. The quantitative estimate of drug-likeness (QED) is 0.881. The van der Waals surface area contributed by atoms with E-state index in [1.807, 2.05) is 30.3 Å². The Hall–Kier alpha value is -2.63. The van der Waals surface area contributed by atoms with Crippen molar-refractivity contribution in [1.82, 2.24) is 9.88 Å². The van der Waals surface area contributed by atoms with Crippen molar-refractivity contribution in [3.05, 3.63) is 42.4 Å². The largest absolute Gasteiger partial charge is 0.480 e. The SMILES string of the molecule is O=C(O)[C@H]1CCCN1C(=O)CCCc1ncc(-c2ccccc2)o1. The molecule has 126 valence electrons. The fourth-order valence-electron chi connectivity index (χ4n) is 3.02. The van der Waals surface area contributed by atoms with Gasteiger partial charge in [0, 0.05) is 24.9 Å². The van der Waals surface area contributed by atoms with Gasteiger partial charge in [0.15, 0.2) is 11.7 Å². The highest BCUT2D eigenvalue weighted by atomic mass is 16.4. The average molecular weight is 328 g/mol. The van der Waals surface area contributed by atoms with Crippen molar-refractivity contribution in [1.29, 1.82) is 0 Å². The fourth-order valence-corrected chi connectivity index (χ4v) is 3.02. The number of benzene rings is 1. The molecule has 0 spiro atoms. The van der Waals surface area contributed by atoms with E-state index in [4.69, 9.17) is 9.52 Å². The van der Waals surface area contributed by atoms with Gasteiger partial charge in [0.25, 0.3) is 0 Å². The summed E-state index contributed by atoms with van der Waals surface area (Å²) in [5.74, 6) is 0.288. The van der Waals surface area contributed by atoms with Gasteiger partial charge < -0.3 is 14.4 Å². The first-order valence-corrected chi connectivity index (χ1v) is 8.17. The smallest absolute Gasteiger partial charge is 0.326 e. The van der Waals surface area contributed by atoms with Crippen LogP contribution >= 0.6 is 0 Å². The molecular weight excluding hydrogens is 308 g/mol. The number of amides is 1. The number of hydrogen-bond acceptors (Lipinski definition) is 4. The average Bonchev–Trinajstić information content (AvgIpc) is 3.25. The van der Waals surface area contributed by atoms with Crippen LogP contribution in [0.15, 0.2) is 40.9 Å². The third-order valence-electron chi connectivity index (χ3n) is 4.25. The number of carboxylic acids is 1. The first-order valence-electron chi connectivity index (χ1n) is 8.17. The number of hydrogen-bond donors (Lipinski definition) is 1. The maximum atomic E-state index is 12.2. The monoisotopic (exact) mass is 328 g/mol. The maximum absolute atomic E-state index is 12.2. The molecule has 0 aliphatic carbocycles. The van der Waals surface area contributed by atoms with Crippen LogP contribution in [0.2, 0.25) is 0 Å². The number of oxazole rings is 1. The van der Waals surface area contributed by atoms with Crippen molar-refractivity contribution >= 4 is 11.9 Å². The lowest BCUT2D eigenvalue weighted by atomic mass is 10.2. The normalized spacial score (nSPS) is 17.2. The molecule has 1 aliphatic rings. The number of likely N-dealkylation sites (tertiary alicyclic amines) is 1. The Morgan fingerprint density at radius 3 is 2.83 bits per heavy atom. The third-order valence-corrected chi connectivity index (χ3v) is 4.25. The molecule has 0 radical (unpaired) electrons. The van der Waals surface area contributed by atoms with Gasteiger partial charge in [-0.3, -0.25) is 4.79 Å². The summed E-state index contributed by atoms with van der Waals surface area (Å²) in [7, 11) is 0. The van der Waals surface area contributed by atoms with Crippen LogP contribution < -0.4 is 0 Å². The number of aromatic nitrogens is 1. The van der Waals surface area contributed by atoms with Crippen molar-refractivity contribution in [2.75, 3.05) is 6.54 Å². The lowest BCUT2D eigenvalue weighted by Crippen LogP contribution is -2.40. The molecule has 1 atom stereocenters. The van der Waals surface area contributed by atoms with E-state index < -0.39 is 12.0 Å². The van der Waals surface area contributed by atoms with Gasteiger partial charge in [0.1, 0.15) is 6.04 Å². The molecule has 2 aromatic rings. The summed E-state index contributed by atoms with van der Waals surface area (Å²) in [6, 6.07) is 9.05. The number of nitrogens with zero attached hydrogens (tertiary/aromatic N) is 2. The van der Waals surface area contributed by atoms with Crippen LogP contribution in [0, 0.1) is 0 Å². The molecule has 0 unspecified atom stereocenters. The Balaban J connectivity index is 1.51. The van der Waals surface area contributed by atoms with Crippen LogP contribution in [-0.2, 0) is 16.0 Å². The van der Waals surface area contributed by atoms with Gasteiger partial charge in [-0.05, 0) is 19.3 Å². The molecule has 6 heteroatoms. The number of rotatable bonds is 6. The summed E-state index contributed by atoms with van der Waals surface area (Å²) in [6.45, 7) is 0.535. The molecule has 1 aliphatic heterocycles. The molecule has 1 N–H and O–H groups in total. The van der Waals surface area contributed by atoms with E-state index in [0.717, 1.165) is 12.0 Å². The second-order valence-electron chi connectivity index (χ2n) is 5.92. The van der Waals surface area contributed by atoms with Gasteiger partial charge in [-0.2, -0.15) is 0 Å². The van der Waals surface area contributed by atoms with Crippen molar-refractivity contribution in [2.24, 2.45) is 0 Å².